The first kappa shape index (κ1) is 18.4. The molecular formula is C15H20N2O6. The molecule has 0 aliphatic heterocycles. The predicted octanol–water partition coefficient (Wildman–Crippen LogP) is 1.55. The Bertz CT molecular complexity index is 587. The topological polar surface area (TPSA) is 107 Å². The van der Waals surface area contributed by atoms with E-state index in [2.05, 4.69) is 14.7 Å². The van der Waals surface area contributed by atoms with Gasteiger partial charge in [0, 0.05) is 18.1 Å². The first-order valence-electron chi connectivity index (χ1n) is 7.09. The number of nitrogens with one attached hydrogen (secondary N) is 1. The van der Waals surface area contributed by atoms with E-state index >= 15 is 0 Å². The summed E-state index contributed by atoms with van der Waals surface area (Å²) in [5.74, 6) is -3.39. The molecule has 0 atom stereocenters. The smallest absolute Gasteiger partial charge is 0.341 e. The summed E-state index contributed by atoms with van der Waals surface area (Å²) >= 11 is 0. The standard InChI is InChI=1S/C15H20N2O6/c1-5-22-13(18)10(14(19)23-6-2)7-17-11-8-16-9(3)12(11)15(20)21-4/h7-8,10,16H,5-6H2,1-4H3. The molecule has 8 nitrogen and oxygen atoms in total. The lowest BCUT2D eigenvalue weighted by atomic mass is 10.1. The van der Waals surface area contributed by atoms with Crippen LogP contribution in [0.3, 0.4) is 0 Å². The van der Waals surface area contributed by atoms with Crippen LogP contribution in [0.5, 0.6) is 0 Å². The van der Waals surface area contributed by atoms with Crippen molar-refractivity contribution in [1.29, 1.82) is 0 Å². The molecule has 0 aromatic carbocycles. The molecule has 1 heterocycles. The van der Waals surface area contributed by atoms with Crippen molar-refractivity contribution in [3.63, 3.8) is 0 Å². The number of aryl methyl sites for hydroxylation is 1. The van der Waals surface area contributed by atoms with Crippen molar-refractivity contribution < 1.29 is 28.6 Å². The fraction of sp³-hybridized carbons (Fsp3) is 0.467. The number of hydrogen-bond donors (Lipinski definition) is 1. The minimum atomic E-state index is -1.30. The molecule has 1 aromatic rings. The van der Waals surface area contributed by atoms with Gasteiger partial charge in [-0.05, 0) is 20.8 Å². The monoisotopic (exact) mass is 324 g/mol. The van der Waals surface area contributed by atoms with Crippen molar-refractivity contribution in [2.75, 3.05) is 20.3 Å². The van der Waals surface area contributed by atoms with E-state index in [1.54, 1.807) is 20.8 Å². The van der Waals surface area contributed by atoms with Crippen molar-refractivity contribution in [3.8, 4) is 0 Å². The van der Waals surface area contributed by atoms with Gasteiger partial charge in [-0.3, -0.25) is 14.6 Å². The molecule has 0 radical (unpaired) electrons. The number of carbonyl (C=O) groups is 3. The highest BCUT2D eigenvalue weighted by Crippen LogP contribution is 2.23. The number of esters is 3. The van der Waals surface area contributed by atoms with Gasteiger partial charge in [0.2, 0.25) is 0 Å². The van der Waals surface area contributed by atoms with Gasteiger partial charge in [0.05, 0.1) is 26.0 Å². The molecule has 0 unspecified atom stereocenters. The fourth-order valence-electron chi connectivity index (χ4n) is 1.81. The van der Waals surface area contributed by atoms with Crippen molar-refractivity contribution in [3.05, 3.63) is 17.5 Å². The summed E-state index contributed by atoms with van der Waals surface area (Å²) in [5.41, 5.74) is 1.05. The van der Waals surface area contributed by atoms with E-state index < -0.39 is 23.8 Å². The lowest BCUT2D eigenvalue weighted by molar-refractivity contribution is -0.157. The highest BCUT2D eigenvalue weighted by atomic mass is 16.6. The summed E-state index contributed by atoms with van der Waals surface area (Å²) in [7, 11) is 1.25. The number of H-pyrrole nitrogens is 1. The number of carbonyl (C=O) groups excluding carboxylic acids is 3. The fourth-order valence-corrected chi connectivity index (χ4v) is 1.81. The van der Waals surface area contributed by atoms with Crippen LogP contribution in [0.1, 0.15) is 29.9 Å². The minimum absolute atomic E-state index is 0.124. The number of rotatable bonds is 7. The zero-order valence-corrected chi connectivity index (χ0v) is 13.5. The second-order valence-electron chi connectivity index (χ2n) is 4.43. The van der Waals surface area contributed by atoms with Gasteiger partial charge in [0.15, 0.2) is 5.92 Å². The van der Waals surface area contributed by atoms with Crippen LogP contribution in [0, 0.1) is 12.8 Å². The van der Waals surface area contributed by atoms with E-state index in [-0.39, 0.29) is 24.5 Å². The summed E-state index contributed by atoms with van der Waals surface area (Å²) in [6, 6.07) is 0. The Hall–Kier alpha value is -2.64. The van der Waals surface area contributed by atoms with E-state index in [4.69, 9.17) is 9.47 Å². The number of hydrogen-bond acceptors (Lipinski definition) is 7. The second-order valence-corrected chi connectivity index (χ2v) is 4.43. The molecule has 0 saturated heterocycles. The van der Waals surface area contributed by atoms with Crippen LogP contribution in [-0.2, 0) is 23.8 Å². The van der Waals surface area contributed by atoms with Gasteiger partial charge in [0.1, 0.15) is 5.56 Å². The number of methoxy groups -OCH3 is 1. The van der Waals surface area contributed by atoms with Crippen LogP contribution >= 0.6 is 0 Å². The van der Waals surface area contributed by atoms with Gasteiger partial charge in [-0.15, -0.1) is 0 Å². The Morgan fingerprint density at radius 1 is 1.22 bits per heavy atom. The maximum atomic E-state index is 11.8. The first-order chi connectivity index (χ1) is 11.0. The number of ether oxygens (including phenoxy) is 3. The molecule has 0 fully saturated rings. The van der Waals surface area contributed by atoms with Crippen LogP contribution in [0.2, 0.25) is 0 Å². The zero-order valence-electron chi connectivity index (χ0n) is 13.5. The van der Waals surface area contributed by atoms with Gasteiger partial charge >= 0.3 is 17.9 Å². The van der Waals surface area contributed by atoms with E-state index in [9.17, 15) is 14.4 Å². The molecule has 1 rings (SSSR count). The number of aliphatic imine (C=N–C) groups is 1. The summed E-state index contributed by atoms with van der Waals surface area (Å²) in [5, 5.41) is 0. The largest absolute Gasteiger partial charge is 0.465 e. The highest BCUT2D eigenvalue weighted by molar-refractivity contribution is 6.10. The lowest BCUT2D eigenvalue weighted by Crippen LogP contribution is -2.29. The molecule has 1 N–H and O–H groups in total. The van der Waals surface area contributed by atoms with Gasteiger partial charge in [0.25, 0.3) is 0 Å². The summed E-state index contributed by atoms with van der Waals surface area (Å²) in [6.07, 6.45) is 2.58. The Balaban J connectivity index is 3.08. The van der Waals surface area contributed by atoms with Crippen LogP contribution in [-0.4, -0.2) is 49.4 Å². The average molecular weight is 324 g/mol. The molecule has 126 valence electrons. The number of nitrogens with zero attached hydrogens (tertiary/aromatic N) is 1. The minimum Gasteiger partial charge on any atom is -0.465 e. The quantitative estimate of drug-likeness (QED) is 0.353. The summed E-state index contributed by atoms with van der Waals surface area (Å²) < 4.78 is 14.3. The first-order valence-corrected chi connectivity index (χ1v) is 7.09. The highest BCUT2D eigenvalue weighted by Gasteiger charge is 2.28. The molecule has 1 aromatic heterocycles. The SMILES string of the molecule is CCOC(=O)C(C=Nc1c[nH]c(C)c1C(=O)OC)C(=O)OCC. The third-order valence-corrected chi connectivity index (χ3v) is 2.89. The molecule has 8 heteroatoms. The van der Waals surface area contributed by atoms with Gasteiger partial charge in [-0.25, -0.2) is 4.79 Å². The Morgan fingerprint density at radius 2 is 1.78 bits per heavy atom. The van der Waals surface area contributed by atoms with E-state index in [0.29, 0.717) is 5.69 Å². The molecule has 0 amide bonds. The molecule has 0 bridgehead atoms. The van der Waals surface area contributed by atoms with E-state index in [0.717, 1.165) is 6.21 Å². The van der Waals surface area contributed by atoms with Crippen molar-refractivity contribution in [2.45, 2.75) is 20.8 Å². The van der Waals surface area contributed by atoms with Gasteiger partial charge in [-0.2, -0.15) is 0 Å². The van der Waals surface area contributed by atoms with Crippen molar-refractivity contribution in [2.24, 2.45) is 10.9 Å². The molecule has 0 aliphatic carbocycles. The average Bonchev–Trinajstić information content (AvgIpc) is 2.88. The summed E-state index contributed by atoms with van der Waals surface area (Å²) in [4.78, 5) is 42.3. The molecule has 0 spiro atoms. The van der Waals surface area contributed by atoms with Crippen LogP contribution in [0.4, 0.5) is 5.69 Å². The number of aromatic amines is 1. The van der Waals surface area contributed by atoms with Gasteiger partial charge in [-0.1, -0.05) is 0 Å². The third-order valence-electron chi connectivity index (χ3n) is 2.89. The predicted molar refractivity (Wildman–Crippen MR) is 81.8 cm³/mol. The Kier molecular flexibility index (Phi) is 6.98. The van der Waals surface area contributed by atoms with Crippen molar-refractivity contribution in [1.82, 2.24) is 4.98 Å². The van der Waals surface area contributed by atoms with Crippen LogP contribution < -0.4 is 0 Å². The maximum absolute atomic E-state index is 11.8. The lowest BCUT2D eigenvalue weighted by Gasteiger charge is -2.10. The number of aromatic nitrogens is 1. The van der Waals surface area contributed by atoms with Crippen LogP contribution in [0.25, 0.3) is 0 Å². The zero-order chi connectivity index (χ0) is 17.4. The second kappa shape index (κ2) is 8.72. The van der Waals surface area contributed by atoms with E-state index in [1.807, 2.05) is 0 Å². The van der Waals surface area contributed by atoms with Crippen LogP contribution in [0.15, 0.2) is 11.2 Å². The maximum Gasteiger partial charge on any atom is 0.341 e. The Labute approximate surface area is 133 Å². The van der Waals surface area contributed by atoms with E-state index in [1.165, 1.54) is 13.3 Å². The molecule has 0 aliphatic rings. The Morgan fingerprint density at radius 3 is 2.26 bits per heavy atom. The van der Waals surface area contributed by atoms with Gasteiger partial charge < -0.3 is 19.2 Å². The molecule has 23 heavy (non-hydrogen) atoms. The summed E-state index contributed by atoms with van der Waals surface area (Å²) in [6.45, 7) is 5.18. The molecular weight excluding hydrogens is 304 g/mol. The van der Waals surface area contributed by atoms with Crippen molar-refractivity contribution >= 4 is 29.8 Å². The third kappa shape index (κ3) is 4.67. The molecule has 0 saturated carbocycles. The normalized spacial score (nSPS) is 10.8.